The van der Waals surface area contributed by atoms with Crippen molar-refractivity contribution in [1.82, 2.24) is 5.32 Å². The van der Waals surface area contributed by atoms with Crippen LogP contribution in [0.2, 0.25) is 10.0 Å². The maximum Gasteiger partial charge on any atom is 0.0783 e. The van der Waals surface area contributed by atoms with E-state index in [1.54, 1.807) is 26.2 Å². The molecule has 18 heavy (non-hydrogen) atoms. The molecule has 0 saturated carbocycles. The summed E-state index contributed by atoms with van der Waals surface area (Å²) in [6.45, 7) is 3.63. The Bertz CT molecular complexity index is 383. The molecule has 0 bridgehead atoms. The van der Waals surface area contributed by atoms with Crippen LogP contribution in [0.1, 0.15) is 12.5 Å². The number of halogens is 2. The highest BCUT2D eigenvalue weighted by Crippen LogP contribution is 2.24. The van der Waals surface area contributed by atoms with Gasteiger partial charge in [-0.3, -0.25) is 0 Å². The number of hydrogen-bond donors (Lipinski definition) is 2. The lowest BCUT2D eigenvalue weighted by molar-refractivity contribution is 0.0581. The first-order valence-corrected chi connectivity index (χ1v) is 6.56. The van der Waals surface area contributed by atoms with Crippen LogP contribution >= 0.6 is 23.2 Å². The van der Waals surface area contributed by atoms with Crippen molar-refractivity contribution in [3.63, 3.8) is 0 Å². The fourth-order valence-corrected chi connectivity index (χ4v) is 2.00. The van der Waals surface area contributed by atoms with Crippen LogP contribution in [0.4, 0.5) is 0 Å². The molecular formula is C13H19Cl2NO2. The number of rotatable bonds is 7. The smallest absolute Gasteiger partial charge is 0.0783 e. The largest absolute Gasteiger partial charge is 0.389 e. The minimum Gasteiger partial charge on any atom is -0.389 e. The van der Waals surface area contributed by atoms with Gasteiger partial charge >= 0.3 is 0 Å². The zero-order valence-electron chi connectivity index (χ0n) is 10.7. The molecule has 0 spiro atoms. The van der Waals surface area contributed by atoms with Crippen molar-refractivity contribution in [2.24, 2.45) is 0 Å². The van der Waals surface area contributed by atoms with Crippen molar-refractivity contribution in [1.29, 1.82) is 0 Å². The van der Waals surface area contributed by atoms with Crippen molar-refractivity contribution < 1.29 is 9.84 Å². The van der Waals surface area contributed by atoms with Gasteiger partial charge in [-0.15, -0.1) is 0 Å². The van der Waals surface area contributed by atoms with Crippen molar-refractivity contribution >= 4 is 23.2 Å². The number of benzene rings is 1. The molecule has 1 atom stereocenters. The second-order valence-corrected chi connectivity index (χ2v) is 5.41. The van der Waals surface area contributed by atoms with E-state index >= 15 is 0 Å². The van der Waals surface area contributed by atoms with Crippen molar-refractivity contribution in [2.45, 2.75) is 18.9 Å². The minimum absolute atomic E-state index is 0.497. The molecule has 0 fully saturated rings. The molecule has 0 aliphatic carbocycles. The molecule has 0 saturated heterocycles. The second kappa shape index (κ2) is 7.31. The topological polar surface area (TPSA) is 41.5 Å². The van der Waals surface area contributed by atoms with E-state index in [9.17, 15) is 5.11 Å². The molecule has 1 aromatic rings. The summed E-state index contributed by atoms with van der Waals surface area (Å²) >= 11 is 11.8. The Labute approximate surface area is 118 Å². The molecule has 0 aliphatic rings. The van der Waals surface area contributed by atoms with Crippen LogP contribution in [-0.2, 0) is 11.2 Å². The van der Waals surface area contributed by atoms with Crippen LogP contribution in [0.3, 0.4) is 0 Å². The Balaban J connectivity index is 2.50. The number of ether oxygens (including phenoxy) is 1. The average molecular weight is 292 g/mol. The van der Waals surface area contributed by atoms with E-state index in [4.69, 9.17) is 27.9 Å². The standard InChI is InChI=1S/C13H19Cl2NO2/c1-13(17,9-16-5-6-18-2)8-10-3-4-11(14)12(15)7-10/h3-4,7,16-17H,5-6,8-9H2,1-2H3. The van der Waals surface area contributed by atoms with Gasteiger partial charge in [-0.05, 0) is 24.6 Å². The third-order valence-electron chi connectivity index (χ3n) is 2.56. The number of methoxy groups -OCH3 is 1. The van der Waals surface area contributed by atoms with Crippen molar-refractivity contribution in [2.75, 3.05) is 26.8 Å². The van der Waals surface area contributed by atoms with Gasteiger partial charge in [0.1, 0.15) is 0 Å². The highest BCUT2D eigenvalue weighted by Gasteiger charge is 2.20. The summed E-state index contributed by atoms with van der Waals surface area (Å²) in [4.78, 5) is 0. The van der Waals surface area contributed by atoms with Gasteiger partial charge in [0, 0.05) is 26.6 Å². The number of aliphatic hydroxyl groups is 1. The molecule has 1 unspecified atom stereocenters. The predicted molar refractivity (Wildman–Crippen MR) is 75.5 cm³/mol. The Kier molecular flexibility index (Phi) is 6.39. The van der Waals surface area contributed by atoms with Crippen LogP contribution in [0.15, 0.2) is 18.2 Å². The van der Waals surface area contributed by atoms with E-state index in [-0.39, 0.29) is 0 Å². The van der Waals surface area contributed by atoms with E-state index in [1.807, 2.05) is 6.07 Å². The van der Waals surface area contributed by atoms with Gasteiger partial charge in [-0.2, -0.15) is 0 Å². The van der Waals surface area contributed by atoms with Gasteiger partial charge in [0.2, 0.25) is 0 Å². The molecule has 1 aromatic carbocycles. The van der Waals surface area contributed by atoms with E-state index in [0.717, 1.165) is 5.56 Å². The Morgan fingerprint density at radius 2 is 2.06 bits per heavy atom. The van der Waals surface area contributed by atoms with Crippen LogP contribution < -0.4 is 5.32 Å². The van der Waals surface area contributed by atoms with Crippen LogP contribution in [0.25, 0.3) is 0 Å². The first-order valence-electron chi connectivity index (χ1n) is 5.80. The summed E-state index contributed by atoms with van der Waals surface area (Å²) in [6, 6.07) is 5.40. The maximum absolute atomic E-state index is 10.2. The molecule has 0 aromatic heterocycles. The van der Waals surface area contributed by atoms with Gasteiger partial charge in [0.25, 0.3) is 0 Å². The van der Waals surface area contributed by atoms with Gasteiger partial charge in [0.15, 0.2) is 0 Å². The van der Waals surface area contributed by atoms with Crippen LogP contribution in [-0.4, -0.2) is 37.5 Å². The van der Waals surface area contributed by atoms with Gasteiger partial charge < -0.3 is 15.2 Å². The van der Waals surface area contributed by atoms with Crippen LogP contribution in [0.5, 0.6) is 0 Å². The van der Waals surface area contributed by atoms with Crippen LogP contribution in [0, 0.1) is 0 Å². The number of nitrogens with one attached hydrogen (secondary N) is 1. The van der Waals surface area contributed by atoms with E-state index in [2.05, 4.69) is 5.32 Å². The fourth-order valence-electron chi connectivity index (χ4n) is 1.68. The summed E-state index contributed by atoms with van der Waals surface area (Å²) in [5.74, 6) is 0. The summed E-state index contributed by atoms with van der Waals surface area (Å²) in [6.07, 6.45) is 0.518. The van der Waals surface area contributed by atoms with Crippen molar-refractivity contribution in [3.05, 3.63) is 33.8 Å². The van der Waals surface area contributed by atoms with E-state index in [0.29, 0.717) is 36.2 Å². The lowest BCUT2D eigenvalue weighted by atomic mass is 9.96. The molecule has 5 heteroatoms. The quantitative estimate of drug-likeness (QED) is 0.759. The molecule has 0 heterocycles. The highest BCUT2D eigenvalue weighted by atomic mass is 35.5. The molecule has 3 nitrogen and oxygen atoms in total. The zero-order valence-corrected chi connectivity index (χ0v) is 12.2. The first-order chi connectivity index (χ1) is 8.44. The highest BCUT2D eigenvalue weighted by molar-refractivity contribution is 6.42. The average Bonchev–Trinajstić information content (AvgIpc) is 2.29. The lowest BCUT2D eigenvalue weighted by Crippen LogP contribution is -2.40. The second-order valence-electron chi connectivity index (χ2n) is 4.59. The molecule has 2 N–H and O–H groups in total. The Morgan fingerprint density at radius 3 is 2.67 bits per heavy atom. The Morgan fingerprint density at radius 1 is 1.33 bits per heavy atom. The summed E-state index contributed by atoms with van der Waals surface area (Å²) in [7, 11) is 1.65. The fraction of sp³-hybridized carbons (Fsp3) is 0.538. The van der Waals surface area contributed by atoms with Gasteiger partial charge in [0.05, 0.1) is 22.3 Å². The molecule has 0 amide bonds. The minimum atomic E-state index is -0.828. The molecule has 0 aliphatic heterocycles. The molecular weight excluding hydrogens is 273 g/mol. The zero-order chi connectivity index (χ0) is 13.6. The SMILES string of the molecule is COCCNCC(C)(O)Cc1ccc(Cl)c(Cl)c1. The number of hydrogen-bond acceptors (Lipinski definition) is 3. The first kappa shape index (κ1) is 15.7. The van der Waals surface area contributed by atoms with Gasteiger partial charge in [-0.1, -0.05) is 29.3 Å². The molecule has 0 radical (unpaired) electrons. The normalized spacial score (nSPS) is 14.5. The van der Waals surface area contributed by atoms with Gasteiger partial charge in [-0.25, -0.2) is 0 Å². The summed E-state index contributed by atoms with van der Waals surface area (Å²) in [5.41, 5.74) is 0.133. The van der Waals surface area contributed by atoms with Crippen molar-refractivity contribution in [3.8, 4) is 0 Å². The molecule has 102 valence electrons. The third kappa shape index (κ3) is 5.55. The lowest BCUT2D eigenvalue weighted by Gasteiger charge is -2.24. The maximum atomic E-state index is 10.2. The van der Waals surface area contributed by atoms with E-state index < -0.39 is 5.60 Å². The molecule has 1 rings (SSSR count). The van der Waals surface area contributed by atoms with E-state index in [1.165, 1.54) is 0 Å². The third-order valence-corrected chi connectivity index (χ3v) is 3.30. The Hall–Kier alpha value is -0.320. The monoisotopic (exact) mass is 291 g/mol. The predicted octanol–water partition coefficient (Wildman–Crippen LogP) is 2.52. The summed E-state index contributed by atoms with van der Waals surface area (Å²) in [5, 5.41) is 14.4. The summed E-state index contributed by atoms with van der Waals surface area (Å²) < 4.78 is 4.93.